The monoisotopic (exact) mass is 285 g/mol. The lowest BCUT2D eigenvalue weighted by molar-refractivity contribution is 0.505. The summed E-state index contributed by atoms with van der Waals surface area (Å²) in [6, 6.07) is 7.92. The zero-order chi connectivity index (χ0) is 13.8. The smallest absolute Gasteiger partial charge is 0.159 e. The number of hydrogen-bond acceptors (Lipinski definition) is 1. The third-order valence-electron chi connectivity index (χ3n) is 2.64. The van der Waals surface area contributed by atoms with E-state index in [9.17, 15) is 13.2 Å². The van der Waals surface area contributed by atoms with Crippen molar-refractivity contribution in [3.63, 3.8) is 0 Å². The summed E-state index contributed by atoms with van der Waals surface area (Å²) in [7, 11) is 0. The molecule has 0 aromatic heterocycles. The van der Waals surface area contributed by atoms with E-state index in [1.54, 1.807) is 0 Å². The second-order valence-corrected chi connectivity index (χ2v) is 4.52. The molecule has 0 aliphatic rings. The van der Waals surface area contributed by atoms with E-state index in [2.05, 4.69) is 5.32 Å². The summed E-state index contributed by atoms with van der Waals surface area (Å²) in [5.74, 6) is -2.14. The van der Waals surface area contributed by atoms with Crippen molar-refractivity contribution in [3.05, 3.63) is 70.0 Å². The minimum atomic E-state index is -0.895. The van der Waals surface area contributed by atoms with Crippen molar-refractivity contribution in [1.29, 1.82) is 0 Å². The predicted octanol–water partition coefficient (Wildman–Crippen LogP) is 4.05. The zero-order valence-corrected chi connectivity index (χ0v) is 10.6. The fourth-order valence-electron chi connectivity index (χ4n) is 1.67. The molecule has 0 aliphatic carbocycles. The molecular weight excluding hydrogens is 275 g/mol. The lowest BCUT2D eigenvalue weighted by Crippen LogP contribution is -2.14. The fourth-order valence-corrected chi connectivity index (χ4v) is 1.86. The van der Waals surface area contributed by atoms with Crippen molar-refractivity contribution in [2.24, 2.45) is 0 Å². The van der Waals surface area contributed by atoms with Crippen LogP contribution >= 0.6 is 11.6 Å². The van der Waals surface area contributed by atoms with Crippen molar-refractivity contribution in [2.45, 2.75) is 13.1 Å². The van der Waals surface area contributed by atoms with Crippen LogP contribution in [0.3, 0.4) is 0 Å². The quantitative estimate of drug-likeness (QED) is 0.894. The molecule has 0 bridgehead atoms. The van der Waals surface area contributed by atoms with Crippen LogP contribution in [0, 0.1) is 17.5 Å². The number of benzene rings is 2. The summed E-state index contributed by atoms with van der Waals surface area (Å²) in [6.45, 7) is 0.564. The SMILES string of the molecule is Fc1ccc(CNCc2cc(Cl)ccc2F)cc1F. The van der Waals surface area contributed by atoms with Crippen LogP contribution in [0.25, 0.3) is 0 Å². The summed E-state index contributed by atoms with van der Waals surface area (Å²) in [4.78, 5) is 0. The van der Waals surface area contributed by atoms with Gasteiger partial charge in [0.15, 0.2) is 11.6 Å². The van der Waals surface area contributed by atoms with Gasteiger partial charge in [0.2, 0.25) is 0 Å². The number of rotatable bonds is 4. The Bertz CT molecular complexity index is 587. The van der Waals surface area contributed by atoms with Gasteiger partial charge in [-0.15, -0.1) is 0 Å². The number of hydrogen-bond donors (Lipinski definition) is 1. The molecule has 0 radical (unpaired) electrons. The van der Waals surface area contributed by atoms with Crippen LogP contribution in [-0.2, 0) is 13.1 Å². The number of nitrogens with one attached hydrogen (secondary N) is 1. The predicted molar refractivity (Wildman–Crippen MR) is 68.3 cm³/mol. The maximum absolute atomic E-state index is 13.4. The van der Waals surface area contributed by atoms with Gasteiger partial charge < -0.3 is 5.32 Å². The third-order valence-corrected chi connectivity index (χ3v) is 2.87. The van der Waals surface area contributed by atoms with Crippen LogP contribution in [0.2, 0.25) is 5.02 Å². The van der Waals surface area contributed by atoms with Gasteiger partial charge in [-0.2, -0.15) is 0 Å². The molecule has 0 unspecified atom stereocenters. The molecule has 0 heterocycles. The van der Waals surface area contributed by atoms with Crippen molar-refractivity contribution in [2.75, 3.05) is 0 Å². The van der Waals surface area contributed by atoms with E-state index in [1.165, 1.54) is 24.3 Å². The topological polar surface area (TPSA) is 12.0 Å². The molecule has 0 aliphatic heterocycles. The van der Waals surface area contributed by atoms with E-state index >= 15 is 0 Å². The second kappa shape index (κ2) is 6.08. The molecule has 1 nitrogen and oxygen atoms in total. The Kier molecular flexibility index (Phi) is 4.45. The molecular formula is C14H11ClF3N. The molecule has 0 fully saturated rings. The van der Waals surface area contributed by atoms with Crippen LogP contribution in [0.5, 0.6) is 0 Å². The largest absolute Gasteiger partial charge is 0.309 e. The summed E-state index contributed by atoms with van der Waals surface area (Å²) in [5, 5.41) is 3.39. The molecule has 100 valence electrons. The van der Waals surface area contributed by atoms with E-state index in [0.717, 1.165) is 12.1 Å². The average Bonchev–Trinajstić information content (AvgIpc) is 2.38. The highest BCUT2D eigenvalue weighted by Crippen LogP contribution is 2.15. The normalized spacial score (nSPS) is 10.7. The van der Waals surface area contributed by atoms with E-state index in [0.29, 0.717) is 22.7 Å². The third kappa shape index (κ3) is 3.72. The van der Waals surface area contributed by atoms with Gasteiger partial charge in [-0.1, -0.05) is 17.7 Å². The highest BCUT2D eigenvalue weighted by Gasteiger charge is 2.04. The van der Waals surface area contributed by atoms with Gasteiger partial charge in [0.25, 0.3) is 0 Å². The molecule has 0 saturated carbocycles. The lowest BCUT2D eigenvalue weighted by atomic mass is 10.2. The summed E-state index contributed by atoms with van der Waals surface area (Å²) >= 11 is 5.77. The highest BCUT2D eigenvalue weighted by atomic mass is 35.5. The van der Waals surface area contributed by atoms with E-state index in [-0.39, 0.29) is 12.4 Å². The first-order valence-corrected chi connectivity index (χ1v) is 6.02. The van der Waals surface area contributed by atoms with Gasteiger partial charge in [-0.3, -0.25) is 0 Å². The highest BCUT2D eigenvalue weighted by molar-refractivity contribution is 6.30. The molecule has 2 rings (SSSR count). The second-order valence-electron chi connectivity index (χ2n) is 4.09. The molecule has 19 heavy (non-hydrogen) atoms. The fraction of sp³-hybridized carbons (Fsp3) is 0.143. The first-order chi connectivity index (χ1) is 9.06. The standard InChI is InChI=1S/C14H11ClF3N/c15-11-2-4-12(16)10(6-11)8-19-7-9-1-3-13(17)14(18)5-9/h1-6,19H,7-8H2. The van der Waals surface area contributed by atoms with Crippen LogP contribution in [0.4, 0.5) is 13.2 Å². The van der Waals surface area contributed by atoms with Gasteiger partial charge in [0.05, 0.1) is 0 Å². The Morgan fingerprint density at radius 2 is 1.58 bits per heavy atom. The van der Waals surface area contributed by atoms with E-state index < -0.39 is 11.6 Å². The Balaban J connectivity index is 1.96. The molecule has 2 aromatic rings. The molecule has 0 atom stereocenters. The summed E-state index contributed by atoms with van der Waals surface area (Å²) in [6.07, 6.45) is 0. The minimum absolute atomic E-state index is 0.255. The minimum Gasteiger partial charge on any atom is -0.309 e. The maximum atomic E-state index is 13.4. The van der Waals surface area contributed by atoms with Gasteiger partial charge in [-0.25, -0.2) is 13.2 Å². The first kappa shape index (κ1) is 13.9. The Morgan fingerprint density at radius 1 is 0.842 bits per heavy atom. The van der Waals surface area contributed by atoms with Gasteiger partial charge in [0, 0.05) is 23.7 Å². The van der Waals surface area contributed by atoms with E-state index in [4.69, 9.17) is 11.6 Å². The van der Waals surface area contributed by atoms with Gasteiger partial charge >= 0.3 is 0 Å². The molecule has 5 heteroatoms. The average molecular weight is 286 g/mol. The van der Waals surface area contributed by atoms with Crippen LogP contribution < -0.4 is 5.32 Å². The molecule has 1 N–H and O–H groups in total. The molecule has 0 saturated heterocycles. The first-order valence-electron chi connectivity index (χ1n) is 5.65. The molecule has 0 spiro atoms. The Hall–Kier alpha value is -1.52. The van der Waals surface area contributed by atoms with Crippen LogP contribution in [0.15, 0.2) is 36.4 Å². The number of halogens is 4. The van der Waals surface area contributed by atoms with Crippen molar-refractivity contribution in [1.82, 2.24) is 5.32 Å². The van der Waals surface area contributed by atoms with Crippen LogP contribution in [0.1, 0.15) is 11.1 Å². The summed E-state index contributed by atoms with van der Waals surface area (Å²) in [5.41, 5.74) is 1.01. The maximum Gasteiger partial charge on any atom is 0.159 e. The molecule has 0 amide bonds. The molecule has 2 aromatic carbocycles. The van der Waals surface area contributed by atoms with Gasteiger partial charge in [-0.05, 0) is 35.9 Å². The van der Waals surface area contributed by atoms with Gasteiger partial charge in [0.1, 0.15) is 5.82 Å². The summed E-state index contributed by atoms with van der Waals surface area (Å²) < 4.78 is 39.1. The zero-order valence-electron chi connectivity index (χ0n) is 9.89. The Morgan fingerprint density at radius 3 is 2.32 bits per heavy atom. The lowest BCUT2D eigenvalue weighted by Gasteiger charge is -2.07. The van der Waals surface area contributed by atoms with Crippen LogP contribution in [-0.4, -0.2) is 0 Å². The van der Waals surface area contributed by atoms with Crippen molar-refractivity contribution in [3.8, 4) is 0 Å². The van der Waals surface area contributed by atoms with Crippen molar-refractivity contribution >= 4 is 11.6 Å². The van der Waals surface area contributed by atoms with E-state index in [1.807, 2.05) is 0 Å². The Labute approximate surface area is 114 Å². The van der Waals surface area contributed by atoms with Crippen molar-refractivity contribution < 1.29 is 13.2 Å².